The van der Waals surface area contributed by atoms with Crippen molar-refractivity contribution in [3.05, 3.63) is 0 Å². The van der Waals surface area contributed by atoms with Crippen molar-refractivity contribution in [2.45, 2.75) is 12.3 Å². The van der Waals surface area contributed by atoms with E-state index in [4.69, 9.17) is 0 Å². The van der Waals surface area contributed by atoms with Crippen LogP contribution in [-0.4, -0.2) is 24.3 Å². The maximum Gasteiger partial charge on any atom is 1.00 e. The van der Waals surface area contributed by atoms with Gasteiger partial charge >= 0.3 is 59.1 Å². The summed E-state index contributed by atoms with van der Waals surface area (Å²) in [6.45, 7) is 0. The van der Waals surface area contributed by atoms with Crippen LogP contribution in [0.4, 0.5) is 8.78 Å². The molecule has 0 aromatic carbocycles. The zero-order valence-corrected chi connectivity index (χ0v) is 10.5. The van der Waals surface area contributed by atoms with Crippen LogP contribution in [0.3, 0.4) is 0 Å². The van der Waals surface area contributed by atoms with Gasteiger partial charge < -0.3 is 19.8 Å². The molecular weight excluding hydrogens is 196 g/mol. The van der Waals surface area contributed by atoms with Gasteiger partial charge in [0.05, 0.1) is 11.9 Å². The Hall–Kier alpha value is 0.800. The van der Waals surface area contributed by atoms with Crippen LogP contribution in [0.15, 0.2) is 0 Å². The van der Waals surface area contributed by atoms with Crippen LogP contribution in [0.2, 0.25) is 0 Å². The average Bonchev–Trinajstić information content (AvgIpc) is 1.84. The van der Waals surface area contributed by atoms with Crippen molar-refractivity contribution in [2.24, 2.45) is 0 Å². The minimum Gasteiger partial charge on any atom is -0.547 e. The predicted molar refractivity (Wildman–Crippen MR) is 19.8 cm³/mol. The SMILES string of the molecule is O=C([O-])C(F)C(F)C(=O)[O-].[Na+].[Na+]. The smallest absolute Gasteiger partial charge is 0.547 e. The largest absolute Gasteiger partial charge is 1.00 e. The molecule has 2 unspecified atom stereocenters. The summed E-state index contributed by atoms with van der Waals surface area (Å²) in [6, 6.07) is 0. The van der Waals surface area contributed by atoms with Gasteiger partial charge in [-0.25, -0.2) is 8.78 Å². The Kier molecular flexibility index (Phi) is 13.0. The van der Waals surface area contributed by atoms with Crippen LogP contribution in [0.5, 0.6) is 0 Å². The van der Waals surface area contributed by atoms with Gasteiger partial charge in [-0.15, -0.1) is 0 Å². The van der Waals surface area contributed by atoms with Gasteiger partial charge in [0.25, 0.3) is 0 Å². The molecule has 0 amide bonds. The number of carboxylic acid groups (broad SMARTS) is 2. The molecule has 0 aliphatic heterocycles. The van der Waals surface area contributed by atoms with Gasteiger partial charge in [0.15, 0.2) is 12.3 Å². The summed E-state index contributed by atoms with van der Waals surface area (Å²) >= 11 is 0. The molecule has 2 atom stereocenters. The molecule has 0 spiro atoms. The van der Waals surface area contributed by atoms with Crippen LogP contribution < -0.4 is 69.3 Å². The van der Waals surface area contributed by atoms with E-state index >= 15 is 0 Å². The Morgan fingerprint density at radius 3 is 1.17 bits per heavy atom. The summed E-state index contributed by atoms with van der Waals surface area (Å²) in [5.41, 5.74) is 0. The molecule has 12 heavy (non-hydrogen) atoms. The molecular formula is C4H2F2Na2O4. The second-order valence-electron chi connectivity index (χ2n) is 1.44. The molecule has 0 aromatic rings. The average molecular weight is 198 g/mol. The van der Waals surface area contributed by atoms with Gasteiger partial charge in [0.2, 0.25) is 0 Å². The van der Waals surface area contributed by atoms with Crippen molar-refractivity contribution in [2.75, 3.05) is 0 Å². The van der Waals surface area contributed by atoms with E-state index in [2.05, 4.69) is 0 Å². The first-order chi connectivity index (χ1) is 4.46. The first-order valence-electron chi connectivity index (χ1n) is 2.16. The molecule has 0 aliphatic rings. The Morgan fingerprint density at radius 2 is 1.08 bits per heavy atom. The fourth-order valence-electron chi connectivity index (χ4n) is 0.239. The van der Waals surface area contributed by atoms with E-state index in [0.29, 0.717) is 0 Å². The van der Waals surface area contributed by atoms with Crippen molar-refractivity contribution in [3.8, 4) is 0 Å². The number of aliphatic carboxylic acids is 2. The fraction of sp³-hybridized carbons (Fsp3) is 0.500. The summed E-state index contributed by atoms with van der Waals surface area (Å²) < 4.78 is 23.4. The Bertz CT molecular complexity index is 147. The van der Waals surface area contributed by atoms with Crippen LogP contribution in [0.1, 0.15) is 0 Å². The monoisotopic (exact) mass is 198 g/mol. The topological polar surface area (TPSA) is 80.3 Å². The number of halogens is 2. The molecule has 0 radical (unpaired) electrons. The molecule has 0 bridgehead atoms. The van der Waals surface area contributed by atoms with E-state index in [1.54, 1.807) is 0 Å². The number of hydrogen-bond donors (Lipinski definition) is 0. The van der Waals surface area contributed by atoms with Crippen LogP contribution in [0.25, 0.3) is 0 Å². The van der Waals surface area contributed by atoms with Crippen molar-refractivity contribution in [1.29, 1.82) is 0 Å². The Balaban J connectivity index is -0.000000405. The van der Waals surface area contributed by atoms with Gasteiger partial charge in [0, 0.05) is 0 Å². The van der Waals surface area contributed by atoms with Crippen LogP contribution in [0, 0.1) is 0 Å². The van der Waals surface area contributed by atoms with Gasteiger partial charge in [0.1, 0.15) is 0 Å². The fourth-order valence-corrected chi connectivity index (χ4v) is 0.239. The predicted octanol–water partition coefficient (Wildman–Crippen LogP) is -8.83. The molecule has 58 valence electrons. The van der Waals surface area contributed by atoms with Crippen molar-refractivity contribution >= 4 is 11.9 Å². The zero-order valence-electron chi connectivity index (χ0n) is 6.54. The first-order valence-corrected chi connectivity index (χ1v) is 2.16. The second kappa shape index (κ2) is 8.40. The van der Waals surface area contributed by atoms with Crippen molar-refractivity contribution in [3.63, 3.8) is 0 Å². The van der Waals surface area contributed by atoms with E-state index in [1.807, 2.05) is 0 Å². The standard InChI is InChI=1S/C4H4F2O4.2Na/c5-1(3(7)8)2(6)4(9)10;;/h1-2H,(H,7,8)(H,9,10);;/q;2*+1/p-2. The number of hydrogen-bond acceptors (Lipinski definition) is 4. The number of carboxylic acids is 2. The van der Waals surface area contributed by atoms with E-state index in [0.717, 1.165) is 0 Å². The summed E-state index contributed by atoms with van der Waals surface area (Å²) in [6.07, 6.45) is -6.32. The number of alkyl halides is 2. The molecule has 0 saturated heterocycles. The molecule has 0 N–H and O–H groups in total. The van der Waals surface area contributed by atoms with Crippen LogP contribution in [-0.2, 0) is 9.59 Å². The minimum absolute atomic E-state index is 0. The van der Waals surface area contributed by atoms with Gasteiger partial charge in [-0.05, 0) is 0 Å². The normalized spacial score (nSPS) is 13.2. The summed E-state index contributed by atoms with van der Waals surface area (Å²) in [4.78, 5) is 18.9. The van der Waals surface area contributed by atoms with E-state index in [-0.39, 0.29) is 59.1 Å². The molecule has 0 fully saturated rings. The van der Waals surface area contributed by atoms with Gasteiger partial charge in [-0.1, -0.05) is 0 Å². The molecule has 0 saturated carbocycles. The number of rotatable bonds is 3. The third-order valence-electron chi connectivity index (χ3n) is 0.707. The molecule has 0 aromatic heterocycles. The molecule has 4 nitrogen and oxygen atoms in total. The number of carbonyl (C=O) groups is 2. The van der Waals surface area contributed by atoms with Crippen LogP contribution >= 0.6 is 0 Å². The third-order valence-corrected chi connectivity index (χ3v) is 0.707. The zero-order chi connectivity index (χ0) is 8.31. The maximum atomic E-state index is 11.7. The Labute approximate surface area is 111 Å². The van der Waals surface area contributed by atoms with E-state index < -0.39 is 24.3 Å². The van der Waals surface area contributed by atoms with Gasteiger partial charge in [-0.2, -0.15) is 0 Å². The molecule has 0 aliphatic carbocycles. The maximum absolute atomic E-state index is 11.7. The van der Waals surface area contributed by atoms with Crippen molar-refractivity contribution < 1.29 is 87.7 Å². The molecule has 0 heterocycles. The molecule has 0 rings (SSSR count). The first kappa shape index (κ1) is 18.6. The van der Waals surface area contributed by atoms with Gasteiger partial charge in [-0.3, -0.25) is 0 Å². The molecule has 8 heteroatoms. The second-order valence-corrected chi connectivity index (χ2v) is 1.44. The van der Waals surface area contributed by atoms with E-state index in [1.165, 1.54) is 0 Å². The summed E-state index contributed by atoms with van der Waals surface area (Å²) in [7, 11) is 0. The Morgan fingerprint density at radius 1 is 0.917 bits per heavy atom. The third kappa shape index (κ3) is 6.33. The minimum atomic E-state index is -3.16. The quantitative estimate of drug-likeness (QED) is 0.422. The summed E-state index contributed by atoms with van der Waals surface area (Å²) in [5.74, 6) is -4.81. The number of carbonyl (C=O) groups excluding carboxylic acids is 2. The summed E-state index contributed by atoms with van der Waals surface area (Å²) in [5, 5.41) is 18.9. The van der Waals surface area contributed by atoms with E-state index in [9.17, 15) is 28.6 Å². The van der Waals surface area contributed by atoms with Crippen molar-refractivity contribution in [1.82, 2.24) is 0 Å².